The smallest absolute Gasteiger partial charge is 0.236 e. The van der Waals surface area contributed by atoms with Crippen LogP contribution >= 0.6 is 11.6 Å². The van der Waals surface area contributed by atoms with E-state index in [4.69, 9.17) is 17.3 Å². The first-order chi connectivity index (χ1) is 7.60. The Kier molecular flexibility index (Phi) is 4.45. The van der Waals surface area contributed by atoms with E-state index < -0.39 is 5.91 Å². The molecule has 1 aromatic rings. The van der Waals surface area contributed by atoms with Crippen LogP contribution in [-0.2, 0) is 11.4 Å². The number of hydrogen-bond donors (Lipinski definition) is 2. The first-order valence-corrected chi connectivity index (χ1v) is 5.11. The molecule has 1 amide bonds. The number of hydrogen-bond acceptors (Lipinski definition) is 5. The maximum Gasteiger partial charge on any atom is 0.236 e. The van der Waals surface area contributed by atoms with E-state index in [0.29, 0.717) is 17.9 Å². The summed E-state index contributed by atoms with van der Waals surface area (Å²) in [6, 6.07) is 0. The average Bonchev–Trinajstić information content (AvgIpc) is 2.25. The third-order valence-electron chi connectivity index (χ3n) is 2.06. The predicted molar refractivity (Wildman–Crippen MR) is 60.0 cm³/mol. The molecule has 0 atom stereocenters. The first kappa shape index (κ1) is 12.7. The zero-order valence-electron chi connectivity index (χ0n) is 8.85. The summed E-state index contributed by atoms with van der Waals surface area (Å²) >= 11 is 5.81. The number of carbonyl (C=O) groups is 1. The molecule has 0 radical (unpaired) electrons. The summed E-state index contributed by atoms with van der Waals surface area (Å²) < 4.78 is 0. The Morgan fingerprint density at radius 1 is 1.62 bits per heavy atom. The molecule has 0 saturated carbocycles. The van der Waals surface area contributed by atoms with Gasteiger partial charge >= 0.3 is 0 Å². The molecule has 0 aliphatic heterocycles. The fraction of sp³-hybridized carbons (Fsp3) is 0.444. The highest BCUT2D eigenvalue weighted by Crippen LogP contribution is 2.22. The van der Waals surface area contributed by atoms with Crippen LogP contribution in [-0.4, -0.2) is 34.1 Å². The normalized spacial score (nSPS) is 10.2. The Morgan fingerprint density at radius 3 is 2.81 bits per heavy atom. The first-order valence-electron chi connectivity index (χ1n) is 4.73. The highest BCUT2D eigenvalue weighted by atomic mass is 35.5. The lowest BCUT2D eigenvalue weighted by atomic mass is 10.3. The van der Waals surface area contributed by atoms with Crippen LogP contribution < -0.4 is 10.6 Å². The fourth-order valence-electron chi connectivity index (χ4n) is 1.32. The van der Waals surface area contributed by atoms with Crippen LogP contribution in [0.1, 0.15) is 12.5 Å². The van der Waals surface area contributed by atoms with Gasteiger partial charge in [-0.25, -0.2) is 9.97 Å². The minimum absolute atomic E-state index is 0.0246. The molecule has 7 heteroatoms. The zero-order valence-corrected chi connectivity index (χ0v) is 9.61. The number of nitrogens with two attached hydrogens (primary N) is 1. The quantitative estimate of drug-likeness (QED) is 0.708. The van der Waals surface area contributed by atoms with Gasteiger partial charge in [0.15, 0.2) is 0 Å². The number of anilines is 1. The van der Waals surface area contributed by atoms with Crippen molar-refractivity contribution in [3.05, 3.63) is 17.0 Å². The van der Waals surface area contributed by atoms with Gasteiger partial charge < -0.3 is 15.7 Å². The van der Waals surface area contributed by atoms with E-state index in [1.165, 1.54) is 6.33 Å². The van der Waals surface area contributed by atoms with Gasteiger partial charge in [-0.1, -0.05) is 11.6 Å². The van der Waals surface area contributed by atoms with Crippen LogP contribution in [0.3, 0.4) is 0 Å². The van der Waals surface area contributed by atoms with Crippen LogP contribution in [0.15, 0.2) is 6.33 Å². The molecule has 0 aliphatic rings. The van der Waals surface area contributed by atoms with E-state index in [0.717, 1.165) is 0 Å². The van der Waals surface area contributed by atoms with Crippen molar-refractivity contribution >= 4 is 23.3 Å². The molecule has 88 valence electrons. The van der Waals surface area contributed by atoms with Crippen molar-refractivity contribution in [1.29, 1.82) is 0 Å². The number of likely N-dealkylation sites (N-methyl/N-ethyl adjacent to an activating group) is 1. The Hall–Kier alpha value is -1.40. The van der Waals surface area contributed by atoms with Crippen LogP contribution in [0.2, 0.25) is 5.15 Å². The molecule has 0 unspecified atom stereocenters. The van der Waals surface area contributed by atoms with Crippen LogP contribution in [0.4, 0.5) is 5.82 Å². The van der Waals surface area contributed by atoms with Crippen molar-refractivity contribution in [1.82, 2.24) is 9.97 Å². The molecule has 1 rings (SSSR count). The molecule has 6 nitrogen and oxygen atoms in total. The summed E-state index contributed by atoms with van der Waals surface area (Å²) in [5.74, 6) is -0.0377. The summed E-state index contributed by atoms with van der Waals surface area (Å²) in [6.07, 6.45) is 1.28. The largest absolute Gasteiger partial charge is 0.391 e. The molecule has 0 aromatic carbocycles. The molecule has 3 N–H and O–H groups in total. The number of aromatic nitrogens is 2. The molecule has 0 saturated heterocycles. The standard InChI is InChI=1S/C9H13ClN4O2/c1-2-14(3-7(11)16)9-6(4-15)8(10)12-5-13-9/h5,15H,2-4H2,1H3,(H2,11,16). The third-order valence-corrected chi connectivity index (χ3v) is 2.38. The van der Waals surface area contributed by atoms with Crippen molar-refractivity contribution in [2.24, 2.45) is 5.73 Å². The highest BCUT2D eigenvalue weighted by molar-refractivity contribution is 6.30. The maximum atomic E-state index is 10.9. The predicted octanol–water partition coefficient (Wildman–Crippen LogP) is -0.0661. The van der Waals surface area contributed by atoms with Gasteiger partial charge in [0.25, 0.3) is 0 Å². The number of aliphatic hydroxyl groups is 1. The van der Waals surface area contributed by atoms with Crippen molar-refractivity contribution in [2.45, 2.75) is 13.5 Å². The second kappa shape index (κ2) is 5.62. The monoisotopic (exact) mass is 244 g/mol. The lowest BCUT2D eigenvalue weighted by molar-refractivity contribution is -0.116. The Bertz CT molecular complexity index is 386. The lowest BCUT2D eigenvalue weighted by Crippen LogP contribution is -2.35. The van der Waals surface area contributed by atoms with Gasteiger partial charge in [-0.05, 0) is 6.92 Å². The van der Waals surface area contributed by atoms with Gasteiger partial charge in [-0.2, -0.15) is 0 Å². The number of rotatable bonds is 5. The summed E-state index contributed by atoms with van der Waals surface area (Å²) in [5.41, 5.74) is 5.51. The maximum absolute atomic E-state index is 10.9. The molecule has 1 aromatic heterocycles. The number of primary amides is 1. The molecule has 16 heavy (non-hydrogen) atoms. The minimum atomic E-state index is -0.472. The molecule has 0 aliphatic carbocycles. The van der Waals surface area contributed by atoms with Crippen LogP contribution in [0, 0.1) is 0 Å². The lowest BCUT2D eigenvalue weighted by Gasteiger charge is -2.22. The van der Waals surface area contributed by atoms with Gasteiger partial charge in [0, 0.05) is 6.54 Å². The second-order valence-electron chi connectivity index (χ2n) is 3.11. The summed E-state index contributed by atoms with van der Waals surface area (Å²) in [4.78, 5) is 20.2. The fourth-order valence-corrected chi connectivity index (χ4v) is 1.50. The number of nitrogens with zero attached hydrogens (tertiary/aromatic N) is 3. The topological polar surface area (TPSA) is 92.3 Å². The van der Waals surface area contributed by atoms with Crippen molar-refractivity contribution in [3.63, 3.8) is 0 Å². The van der Waals surface area contributed by atoms with E-state index in [-0.39, 0.29) is 18.3 Å². The number of carbonyl (C=O) groups excluding carboxylic acids is 1. The Morgan fingerprint density at radius 2 is 2.31 bits per heavy atom. The molecule has 0 fully saturated rings. The Balaban J connectivity index is 3.08. The average molecular weight is 245 g/mol. The van der Waals surface area contributed by atoms with E-state index in [1.807, 2.05) is 6.92 Å². The summed E-state index contributed by atoms with van der Waals surface area (Å²) in [6.45, 7) is 2.12. The van der Waals surface area contributed by atoms with Gasteiger partial charge in [-0.3, -0.25) is 4.79 Å². The number of amides is 1. The van der Waals surface area contributed by atoms with Crippen molar-refractivity contribution in [2.75, 3.05) is 18.0 Å². The zero-order chi connectivity index (χ0) is 12.1. The SMILES string of the molecule is CCN(CC(N)=O)c1ncnc(Cl)c1CO. The Labute approximate surface area is 98.1 Å². The minimum Gasteiger partial charge on any atom is -0.391 e. The number of aliphatic hydroxyl groups excluding tert-OH is 1. The summed E-state index contributed by atoms with van der Waals surface area (Å²) in [7, 11) is 0. The molecular formula is C9H13ClN4O2. The molecule has 0 spiro atoms. The van der Waals surface area contributed by atoms with Gasteiger partial charge in [0.2, 0.25) is 5.91 Å². The van der Waals surface area contributed by atoms with E-state index in [2.05, 4.69) is 9.97 Å². The van der Waals surface area contributed by atoms with E-state index >= 15 is 0 Å². The van der Waals surface area contributed by atoms with E-state index in [1.54, 1.807) is 4.90 Å². The van der Waals surface area contributed by atoms with Gasteiger partial charge in [0.05, 0.1) is 18.7 Å². The van der Waals surface area contributed by atoms with E-state index in [9.17, 15) is 9.90 Å². The van der Waals surface area contributed by atoms with Gasteiger partial charge in [0.1, 0.15) is 17.3 Å². The third kappa shape index (κ3) is 2.80. The second-order valence-corrected chi connectivity index (χ2v) is 3.46. The molecule has 0 bridgehead atoms. The molecule has 1 heterocycles. The van der Waals surface area contributed by atoms with Crippen LogP contribution in [0.25, 0.3) is 0 Å². The highest BCUT2D eigenvalue weighted by Gasteiger charge is 2.15. The summed E-state index contributed by atoms with van der Waals surface area (Å²) in [5, 5.41) is 9.35. The van der Waals surface area contributed by atoms with Crippen molar-refractivity contribution in [3.8, 4) is 0 Å². The molecular weight excluding hydrogens is 232 g/mol. The number of halogens is 1. The van der Waals surface area contributed by atoms with Gasteiger partial charge in [-0.15, -0.1) is 0 Å². The van der Waals surface area contributed by atoms with Crippen LogP contribution in [0.5, 0.6) is 0 Å². The van der Waals surface area contributed by atoms with Crippen molar-refractivity contribution < 1.29 is 9.90 Å².